The standard InChI is InChI=1S/C7H14FNO2S/c1-7(8)4-3-5-9(6-7)12(2,10)11/h3-6H2,1-2H3. The molecule has 12 heavy (non-hydrogen) atoms. The molecule has 0 N–H and O–H groups in total. The summed E-state index contributed by atoms with van der Waals surface area (Å²) in [6.07, 6.45) is 2.19. The Bertz CT molecular complexity index is 261. The number of alkyl halides is 1. The summed E-state index contributed by atoms with van der Waals surface area (Å²) in [5, 5.41) is 0. The maximum absolute atomic E-state index is 13.3. The van der Waals surface area contributed by atoms with Crippen molar-refractivity contribution in [1.82, 2.24) is 4.31 Å². The van der Waals surface area contributed by atoms with Crippen molar-refractivity contribution in [1.29, 1.82) is 0 Å². The van der Waals surface area contributed by atoms with Crippen LogP contribution in [0.5, 0.6) is 0 Å². The Labute approximate surface area is 72.6 Å². The number of hydrogen-bond acceptors (Lipinski definition) is 2. The van der Waals surface area contributed by atoms with Crippen molar-refractivity contribution in [3.05, 3.63) is 0 Å². The molecule has 0 spiro atoms. The van der Waals surface area contributed by atoms with Crippen LogP contribution in [0.15, 0.2) is 0 Å². The molecule has 1 aliphatic heterocycles. The quantitative estimate of drug-likeness (QED) is 0.619. The minimum Gasteiger partial charge on any atom is -0.243 e. The lowest BCUT2D eigenvalue weighted by Gasteiger charge is -2.33. The van der Waals surface area contributed by atoms with Gasteiger partial charge in [0.05, 0.1) is 6.26 Å². The fourth-order valence-corrected chi connectivity index (χ4v) is 2.40. The van der Waals surface area contributed by atoms with E-state index < -0.39 is 15.7 Å². The van der Waals surface area contributed by atoms with E-state index in [0.29, 0.717) is 19.4 Å². The Morgan fingerprint density at radius 3 is 2.42 bits per heavy atom. The van der Waals surface area contributed by atoms with Crippen LogP contribution in [0.3, 0.4) is 0 Å². The van der Waals surface area contributed by atoms with Crippen LogP contribution in [0, 0.1) is 0 Å². The number of rotatable bonds is 1. The van der Waals surface area contributed by atoms with Crippen LogP contribution in [-0.4, -0.2) is 37.7 Å². The lowest BCUT2D eigenvalue weighted by Crippen LogP contribution is -2.45. The van der Waals surface area contributed by atoms with E-state index in [2.05, 4.69) is 0 Å². The van der Waals surface area contributed by atoms with Crippen molar-refractivity contribution >= 4 is 10.0 Å². The van der Waals surface area contributed by atoms with E-state index in [1.807, 2.05) is 0 Å². The van der Waals surface area contributed by atoms with Crippen molar-refractivity contribution in [3.8, 4) is 0 Å². The highest BCUT2D eigenvalue weighted by Gasteiger charge is 2.34. The molecular formula is C7H14FNO2S. The summed E-state index contributed by atoms with van der Waals surface area (Å²) in [7, 11) is -3.20. The van der Waals surface area contributed by atoms with Crippen LogP contribution < -0.4 is 0 Å². The minimum atomic E-state index is -3.20. The van der Waals surface area contributed by atoms with Crippen molar-refractivity contribution in [2.24, 2.45) is 0 Å². The van der Waals surface area contributed by atoms with Gasteiger partial charge in [0.2, 0.25) is 10.0 Å². The molecule has 1 saturated heterocycles. The smallest absolute Gasteiger partial charge is 0.211 e. The molecule has 0 amide bonds. The summed E-state index contributed by atoms with van der Waals surface area (Å²) >= 11 is 0. The highest BCUT2D eigenvalue weighted by atomic mass is 32.2. The van der Waals surface area contributed by atoms with Crippen molar-refractivity contribution in [2.75, 3.05) is 19.3 Å². The van der Waals surface area contributed by atoms with Crippen molar-refractivity contribution < 1.29 is 12.8 Å². The summed E-state index contributed by atoms with van der Waals surface area (Å²) < 4.78 is 36.6. The Hall–Kier alpha value is -0.160. The van der Waals surface area contributed by atoms with E-state index >= 15 is 0 Å². The molecule has 0 aliphatic carbocycles. The highest BCUT2D eigenvalue weighted by molar-refractivity contribution is 7.88. The molecule has 0 saturated carbocycles. The molecule has 0 radical (unpaired) electrons. The van der Waals surface area contributed by atoms with Gasteiger partial charge < -0.3 is 0 Å². The topological polar surface area (TPSA) is 37.4 Å². The van der Waals surface area contributed by atoms with Crippen LogP contribution in [-0.2, 0) is 10.0 Å². The van der Waals surface area contributed by atoms with Gasteiger partial charge in [0.25, 0.3) is 0 Å². The van der Waals surface area contributed by atoms with Crippen LogP contribution in [0.1, 0.15) is 19.8 Å². The first-order valence-corrected chi connectivity index (χ1v) is 5.80. The second-order valence-corrected chi connectivity index (χ2v) is 5.60. The lowest BCUT2D eigenvalue weighted by atomic mass is 9.99. The molecule has 1 aliphatic rings. The third-order valence-electron chi connectivity index (χ3n) is 2.08. The average Bonchev–Trinajstić information content (AvgIpc) is 1.83. The van der Waals surface area contributed by atoms with Gasteiger partial charge in [0.15, 0.2) is 0 Å². The molecule has 0 aromatic rings. The first kappa shape index (κ1) is 9.92. The van der Waals surface area contributed by atoms with Gasteiger partial charge in [-0.3, -0.25) is 0 Å². The summed E-state index contributed by atoms with van der Waals surface area (Å²) in [5.41, 5.74) is -1.35. The largest absolute Gasteiger partial charge is 0.243 e. The van der Waals surface area contributed by atoms with E-state index in [4.69, 9.17) is 0 Å². The number of sulfonamides is 1. The number of halogens is 1. The predicted octanol–water partition coefficient (Wildman–Crippen LogP) is 0.770. The van der Waals surface area contributed by atoms with Crippen molar-refractivity contribution in [3.63, 3.8) is 0 Å². The van der Waals surface area contributed by atoms with Crippen LogP contribution in [0.2, 0.25) is 0 Å². The fourth-order valence-electron chi connectivity index (χ4n) is 1.43. The SMILES string of the molecule is CC1(F)CCCN(S(C)(=O)=O)C1. The monoisotopic (exact) mass is 195 g/mol. The summed E-state index contributed by atoms with van der Waals surface area (Å²) in [4.78, 5) is 0. The molecule has 1 rings (SSSR count). The maximum atomic E-state index is 13.3. The van der Waals surface area contributed by atoms with Crippen LogP contribution >= 0.6 is 0 Å². The zero-order chi connectivity index (χ0) is 9.41. The lowest BCUT2D eigenvalue weighted by molar-refractivity contribution is 0.103. The molecule has 1 atom stereocenters. The number of hydrogen-bond donors (Lipinski definition) is 0. The number of piperidine rings is 1. The molecule has 5 heteroatoms. The highest BCUT2D eigenvalue weighted by Crippen LogP contribution is 2.25. The Morgan fingerprint density at radius 1 is 1.50 bits per heavy atom. The molecule has 0 aromatic carbocycles. The Kier molecular flexibility index (Phi) is 2.45. The second kappa shape index (κ2) is 2.96. The zero-order valence-electron chi connectivity index (χ0n) is 7.38. The van der Waals surface area contributed by atoms with Gasteiger partial charge in [0, 0.05) is 13.1 Å². The van der Waals surface area contributed by atoms with Gasteiger partial charge in [0.1, 0.15) is 5.67 Å². The van der Waals surface area contributed by atoms with Gasteiger partial charge in [-0.1, -0.05) is 0 Å². The fraction of sp³-hybridized carbons (Fsp3) is 1.00. The normalized spacial score (nSPS) is 33.6. The summed E-state index contributed by atoms with van der Waals surface area (Å²) in [5.74, 6) is 0. The first-order chi connectivity index (χ1) is 5.31. The van der Waals surface area contributed by atoms with Gasteiger partial charge in [-0.15, -0.1) is 0 Å². The van der Waals surface area contributed by atoms with E-state index in [-0.39, 0.29) is 6.54 Å². The summed E-state index contributed by atoms with van der Waals surface area (Å²) in [6, 6.07) is 0. The molecular weight excluding hydrogens is 181 g/mol. The van der Waals surface area contributed by atoms with Gasteiger partial charge in [-0.25, -0.2) is 12.8 Å². The Balaban J connectivity index is 2.71. The van der Waals surface area contributed by atoms with Crippen molar-refractivity contribution in [2.45, 2.75) is 25.4 Å². The minimum absolute atomic E-state index is 0.00579. The molecule has 1 heterocycles. The van der Waals surface area contributed by atoms with Gasteiger partial charge in [-0.05, 0) is 19.8 Å². The maximum Gasteiger partial charge on any atom is 0.211 e. The van der Waals surface area contributed by atoms with E-state index in [1.54, 1.807) is 0 Å². The third-order valence-corrected chi connectivity index (χ3v) is 3.33. The molecule has 1 unspecified atom stereocenters. The second-order valence-electron chi connectivity index (χ2n) is 3.61. The first-order valence-electron chi connectivity index (χ1n) is 3.95. The average molecular weight is 195 g/mol. The van der Waals surface area contributed by atoms with Gasteiger partial charge >= 0.3 is 0 Å². The summed E-state index contributed by atoms with van der Waals surface area (Å²) in [6.45, 7) is 1.91. The van der Waals surface area contributed by atoms with E-state index in [9.17, 15) is 12.8 Å². The molecule has 1 fully saturated rings. The Morgan fingerprint density at radius 2 is 2.08 bits per heavy atom. The number of nitrogens with zero attached hydrogens (tertiary/aromatic N) is 1. The third kappa shape index (κ3) is 2.42. The molecule has 72 valence electrons. The van der Waals surface area contributed by atoms with E-state index in [1.165, 1.54) is 11.2 Å². The predicted molar refractivity (Wildman–Crippen MR) is 45.2 cm³/mol. The van der Waals surface area contributed by atoms with E-state index in [0.717, 1.165) is 6.26 Å². The molecule has 3 nitrogen and oxygen atoms in total. The van der Waals surface area contributed by atoms with Gasteiger partial charge in [-0.2, -0.15) is 4.31 Å². The van der Waals surface area contributed by atoms with Crippen LogP contribution in [0.4, 0.5) is 4.39 Å². The molecule has 0 aromatic heterocycles. The van der Waals surface area contributed by atoms with Crippen LogP contribution in [0.25, 0.3) is 0 Å². The zero-order valence-corrected chi connectivity index (χ0v) is 8.19. The molecule has 0 bridgehead atoms.